The molecule has 0 spiro atoms. The summed E-state index contributed by atoms with van der Waals surface area (Å²) in [6.07, 6.45) is 1.90. The SMILES string of the molecule is Cl.Cn1cc(C2=C(c3c4n(c5ccccc35)CCN(C(=O)CN)C4)C(=O)NC2=O)c2ccccc21. The highest BCUT2D eigenvalue weighted by Crippen LogP contribution is 2.41. The van der Waals surface area contributed by atoms with Crippen LogP contribution in [0, 0.1) is 0 Å². The number of nitrogens with two attached hydrogens (primary N) is 1. The van der Waals surface area contributed by atoms with Crippen molar-refractivity contribution in [1.29, 1.82) is 0 Å². The van der Waals surface area contributed by atoms with Gasteiger partial charge in [-0.25, -0.2) is 0 Å². The van der Waals surface area contributed by atoms with Crippen molar-refractivity contribution in [3.8, 4) is 0 Å². The third kappa shape index (κ3) is 3.29. The van der Waals surface area contributed by atoms with Crippen LogP contribution in [0.1, 0.15) is 16.8 Å². The molecule has 4 heterocycles. The second-order valence-electron chi connectivity index (χ2n) is 8.71. The highest BCUT2D eigenvalue weighted by Gasteiger charge is 2.38. The summed E-state index contributed by atoms with van der Waals surface area (Å²) in [4.78, 5) is 40.6. The van der Waals surface area contributed by atoms with Crippen molar-refractivity contribution in [3.05, 3.63) is 71.5 Å². The predicted molar refractivity (Wildman–Crippen MR) is 137 cm³/mol. The molecule has 4 aromatic rings. The minimum absolute atomic E-state index is 0. The molecular weight excluding hydrogens is 466 g/mol. The minimum atomic E-state index is -0.422. The summed E-state index contributed by atoms with van der Waals surface area (Å²) >= 11 is 0. The Kier molecular flexibility index (Phi) is 5.50. The number of para-hydroxylation sites is 2. The van der Waals surface area contributed by atoms with Gasteiger partial charge in [0, 0.05) is 65.0 Å². The third-order valence-electron chi connectivity index (χ3n) is 6.89. The highest BCUT2D eigenvalue weighted by atomic mass is 35.5. The topological polar surface area (TPSA) is 102 Å². The van der Waals surface area contributed by atoms with Crippen LogP contribution in [-0.2, 0) is 34.5 Å². The standard InChI is InChI=1S/C26H23N5O3.ClH/c1-29-13-17(15-6-2-4-8-18(15)29)23-24(26(34)28-25(23)33)22-16-7-3-5-9-19(16)31-11-10-30(14-20(22)31)21(32)12-27;/h2-9,13H,10-12,14,27H2,1H3,(H,28,33,34);1H. The molecule has 8 nitrogen and oxygen atoms in total. The monoisotopic (exact) mass is 489 g/mol. The lowest BCUT2D eigenvalue weighted by atomic mass is 9.93. The average Bonchev–Trinajstić information content (AvgIpc) is 3.46. The number of nitrogens with one attached hydrogen (secondary N) is 1. The van der Waals surface area contributed by atoms with E-state index in [1.165, 1.54) is 0 Å². The van der Waals surface area contributed by atoms with Crippen LogP contribution in [0.3, 0.4) is 0 Å². The summed E-state index contributed by atoms with van der Waals surface area (Å²) in [6.45, 7) is 1.39. The molecule has 2 aromatic carbocycles. The van der Waals surface area contributed by atoms with Crippen LogP contribution in [0.4, 0.5) is 0 Å². The lowest BCUT2D eigenvalue weighted by Crippen LogP contribution is -2.41. The Bertz CT molecular complexity index is 1580. The molecule has 0 atom stereocenters. The number of benzene rings is 2. The van der Waals surface area contributed by atoms with Crippen LogP contribution in [0.25, 0.3) is 33.0 Å². The number of fused-ring (bicyclic) bond motifs is 4. The van der Waals surface area contributed by atoms with Gasteiger partial charge in [-0.15, -0.1) is 12.4 Å². The van der Waals surface area contributed by atoms with Gasteiger partial charge >= 0.3 is 0 Å². The first-order valence-electron chi connectivity index (χ1n) is 11.2. The molecule has 9 heteroatoms. The number of aromatic nitrogens is 2. The molecule has 2 aliphatic rings. The van der Waals surface area contributed by atoms with Crippen LogP contribution in [0.15, 0.2) is 54.7 Å². The van der Waals surface area contributed by atoms with Crippen molar-refractivity contribution >= 4 is 63.1 Å². The van der Waals surface area contributed by atoms with Gasteiger partial charge < -0.3 is 19.8 Å². The Morgan fingerprint density at radius 1 is 0.943 bits per heavy atom. The molecule has 3 N–H and O–H groups in total. The fourth-order valence-electron chi connectivity index (χ4n) is 5.37. The van der Waals surface area contributed by atoms with Crippen molar-refractivity contribution in [1.82, 2.24) is 19.4 Å². The maximum atomic E-state index is 13.3. The number of imide groups is 1. The fraction of sp³-hybridized carbons (Fsp3) is 0.192. The first-order chi connectivity index (χ1) is 16.5. The normalized spacial score (nSPS) is 15.5. The number of rotatable bonds is 3. The number of halogens is 1. The molecule has 35 heavy (non-hydrogen) atoms. The summed E-state index contributed by atoms with van der Waals surface area (Å²) < 4.78 is 4.11. The number of amides is 3. The average molecular weight is 490 g/mol. The first kappa shape index (κ1) is 22.9. The third-order valence-corrected chi connectivity index (χ3v) is 6.89. The van der Waals surface area contributed by atoms with E-state index in [1.807, 2.05) is 66.3 Å². The molecule has 2 aliphatic heterocycles. The summed E-state index contributed by atoms with van der Waals surface area (Å²) in [5.74, 6) is -0.974. The van der Waals surface area contributed by atoms with E-state index < -0.39 is 11.8 Å². The molecule has 0 bridgehead atoms. The number of carbonyl (C=O) groups is 3. The van der Waals surface area contributed by atoms with Gasteiger partial charge in [-0.1, -0.05) is 36.4 Å². The number of hydrogen-bond donors (Lipinski definition) is 2. The zero-order valence-electron chi connectivity index (χ0n) is 19.1. The Morgan fingerprint density at radius 2 is 1.60 bits per heavy atom. The van der Waals surface area contributed by atoms with Gasteiger partial charge in [0.05, 0.1) is 24.2 Å². The van der Waals surface area contributed by atoms with Crippen LogP contribution >= 0.6 is 12.4 Å². The van der Waals surface area contributed by atoms with Gasteiger partial charge in [-0.05, 0) is 12.1 Å². The predicted octanol–water partition coefficient (Wildman–Crippen LogP) is 2.42. The van der Waals surface area contributed by atoms with Crippen molar-refractivity contribution in [2.24, 2.45) is 12.8 Å². The van der Waals surface area contributed by atoms with E-state index in [2.05, 4.69) is 9.88 Å². The summed E-state index contributed by atoms with van der Waals surface area (Å²) in [7, 11) is 1.92. The van der Waals surface area contributed by atoms with E-state index in [1.54, 1.807) is 4.90 Å². The van der Waals surface area contributed by atoms with Gasteiger partial charge in [-0.2, -0.15) is 0 Å². The highest BCUT2D eigenvalue weighted by molar-refractivity contribution is 6.51. The van der Waals surface area contributed by atoms with Crippen LogP contribution in [-0.4, -0.2) is 44.8 Å². The maximum absolute atomic E-state index is 13.3. The van der Waals surface area contributed by atoms with Gasteiger partial charge in [0.25, 0.3) is 11.8 Å². The Labute approximate surface area is 207 Å². The van der Waals surface area contributed by atoms with E-state index in [4.69, 9.17) is 5.73 Å². The van der Waals surface area contributed by atoms with Crippen LogP contribution in [0.5, 0.6) is 0 Å². The molecule has 0 saturated carbocycles. The van der Waals surface area contributed by atoms with E-state index in [9.17, 15) is 14.4 Å². The zero-order chi connectivity index (χ0) is 23.6. The zero-order valence-corrected chi connectivity index (χ0v) is 19.9. The first-order valence-corrected chi connectivity index (χ1v) is 11.2. The molecule has 0 radical (unpaired) electrons. The van der Waals surface area contributed by atoms with Crippen molar-refractivity contribution in [2.75, 3.05) is 13.1 Å². The fourth-order valence-corrected chi connectivity index (χ4v) is 5.37. The molecule has 0 aliphatic carbocycles. The second kappa shape index (κ2) is 8.41. The maximum Gasteiger partial charge on any atom is 0.259 e. The minimum Gasteiger partial charge on any atom is -0.350 e. The number of hydrogen-bond acceptors (Lipinski definition) is 4. The quantitative estimate of drug-likeness (QED) is 0.431. The molecule has 178 valence electrons. The summed E-state index contributed by atoms with van der Waals surface area (Å²) in [5, 5.41) is 4.31. The molecule has 3 amide bonds. The van der Waals surface area contributed by atoms with E-state index in [0.717, 1.165) is 27.5 Å². The lowest BCUT2D eigenvalue weighted by molar-refractivity contribution is -0.131. The van der Waals surface area contributed by atoms with Crippen molar-refractivity contribution < 1.29 is 14.4 Å². The largest absolute Gasteiger partial charge is 0.350 e. The van der Waals surface area contributed by atoms with E-state index in [0.29, 0.717) is 41.9 Å². The summed E-state index contributed by atoms with van der Waals surface area (Å²) in [6, 6.07) is 15.7. The molecule has 0 saturated heterocycles. The molecule has 2 aromatic heterocycles. The smallest absolute Gasteiger partial charge is 0.259 e. The lowest BCUT2D eigenvalue weighted by Gasteiger charge is -2.29. The molecule has 0 fully saturated rings. The second-order valence-corrected chi connectivity index (χ2v) is 8.71. The van der Waals surface area contributed by atoms with Crippen molar-refractivity contribution in [2.45, 2.75) is 13.1 Å². The Balaban J connectivity index is 0.00000253. The molecule has 6 rings (SSSR count). The van der Waals surface area contributed by atoms with Crippen molar-refractivity contribution in [3.63, 3.8) is 0 Å². The van der Waals surface area contributed by atoms with E-state index in [-0.39, 0.29) is 24.9 Å². The number of carbonyl (C=O) groups excluding carboxylic acids is 3. The van der Waals surface area contributed by atoms with Gasteiger partial charge in [-0.3, -0.25) is 19.7 Å². The number of aryl methyl sites for hydroxylation is 1. The summed E-state index contributed by atoms with van der Waals surface area (Å²) in [5.41, 5.74) is 10.6. The van der Waals surface area contributed by atoms with Crippen LogP contribution in [0.2, 0.25) is 0 Å². The molecule has 0 unspecified atom stereocenters. The van der Waals surface area contributed by atoms with Gasteiger partial charge in [0.2, 0.25) is 5.91 Å². The number of nitrogens with zero attached hydrogens (tertiary/aromatic N) is 3. The van der Waals surface area contributed by atoms with E-state index >= 15 is 0 Å². The van der Waals surface area contributed by atoms with Gasteiger partial charge in [0.15, 0.2) is 0 Å². The van der Waals surface area contributed by atoms with Gasteiger partial charge in [0.1, 0.15) is 0 Å². The molecular formula is C26H24ClN5O3. The Morgan fingerprint density at radius 3 is 2.34 bits per heavy atom. The Hall–Kier alpha value is -3.88. The van der Waals surface area contributed by atoms with Crippen LogP contribution < -0.4 is 11.1 Å².